The second-order valence-electron chi connectivity index (χ2n) is 7.46. The number of fused-ring (bicyclic) bond motifs is 1. The topological polar surface area (TPSA) is 86.4 Å². The lowest BCUT2D eigenvalue weighted by Crippen LogP contribution is -2.40. The van der Waals surface area contributed by atoms with Crippen molar-refractivity contribution in [3.63, 3.8) is 0 Å². The third-order valence-corrected chi connectivity index (χ3v) is 7.39. The van der Waals surface area contributed by atoms with Crippen molar-refractivity contribution >= 4 is 34.5 Å². The maximum atomic E-state index is 12.9. The first-order chi connectivity index (χ1) is 14.6. The van der Waals surface area contributed by atoms with Crippen LogP contribution in [0.1, 0.15) is 55.3 Å². The standard InChI is InChI=1S/C21H20N4O3S2/c26-19-13-7-9-24(20(27)16-5-2-10-29-16)12-14(13)22-18(23-19)15-4-1-8-25(15)21(28)17-6-3-11-30-17/h2-3,5-6,10-11,15H,1,4,7-9,12H2,(H,22,23,26)/t15-/m1/s1. The normalized spacial score (nSPS) is 18.5. The number of H-pyrrole nitrogens is 1. The molecule has 0 aromatic carbocycles. The average Bonchev–Trinajstić information content (AvgIpc) is 3.54. The average molecular weight is 441 g/mol. The van der Waals surface area contributed by atoms with E-state index < -0.39 is 0 Å². The lowest BCUT2D eigenvalue weighted by molar-refractivity contribution is 0.0733. The molecule has 30 heavy (non-hydrogen) atoms. The van der Waals surface area contributed by atoms with Gasteiger partial charge in [0.1, 0.15) is 5.82 Å². The number of aromatic amines is 1. The minimum absolute atomic E-state index is 0.0256. The summed E-state index contributed by atoms with van der Waals surface area (Å²) < 4.78 is 0. The maximum absolute atomic E-state index is 12.9. The van der Waals surface area contributed by atoms with Gasteiger partial charge in [-0.15, -0.1) is 22.7 Å². The van der Waals surface area contributed by atoms with E-state index in [0.717, 1.165) is 12.8 Å². The Morgan fingerprint density at radius 2 is 1.80 bits per heavy atom. The van der Waals surface area contributed by atoms with Gasteiger partial charge in [0, 0.05) is 18.7 Å². The third-order valence-electron chi connectivity index (χ3n) is 5.67. The van der Waals surface area contributed by atoms with E-state index in [2.05, 4.69) is 4.98 Å². The zero-order chi connectivity index (χ0) is 20.7. The van der Waals surface area contributed by atoms with Crippen LogP contribution in [0, 0.1) is 0 Å². The molecule has 0 radical (unpaired) electrons. The van der Waals surface area contributed by atoms with E-state index in [-0.39, 0.29) is 23.4 Å². The second-order valence-corrected chi connectivity index (χ2v) is 9.36. The summed E-state index contributed by atoms with van der Waals surface area (Å²) in [6.45, 7) is 1.46. The Morgan fingerprint density at radius 1 is 1.07 bits per heavy atom. The SMILES string of the molecule is O=C(c1cccs1)N1CCc2c(nc([C@H]3CCCN3C(=O)c3cccs3)[nH]c2=O)C1. The molecule has 0 spiro atoms. The van der Waals surface area contributed by atoms with E-state index in [0.29, 0.717) is 52.9 Å². The maximum Gasteiger partial charge on any atom is 0.264 e. The number of hydrogen-bond donors (Lipinski definition) is 1. The summed E-state index contributed by atoms with van der Waals surface area (Å²) in [5, 5.41) is 3.77. The Balaban J connectivity index is 1.43. The molecule has 1 N–H and O–H groups in total. The van der Waals surface area contributed by atoms with E-state index in [9.17, 15) is 14.4 Å². The van der Waals surface area contributed by atoms with Crippen LogP contribution < -0.4 is 5.56 Å². The second kappa shape index (κ2) is 7.81. The van der Waals surface area contributed by atoms with Crippen LogP contribution >= 0.6 is 22.7 Å². The van der Waals surface area contributed by atoms with Crippen LogP contribution in [0.5, 0.6) is 0 Å². The Kier molecular flexibility index (Phi) is 5.00. The van der Waals surface area contributed by atoms with Gasteiger partial charge in [0.25, 0.3) is 17.4 Å². The molecule has 0 aliphatic carbocycles. The van der Waals surface area contributed by atoms with Crippen molar-refractivity contribution in [3.8, 4) is 0 Å². The smallest absolute Gasteiger partial charge is 0.264 e. The summed E-state index contributed by atoms with van der Waals surface area (Å²) in [4.78, 5) is 51.0. The molecule has 2 aliphatic rings. The molecule has 1 fully saturated rings. The van der Waals surface area contributed by atoms with E-state index in [1.54, 1.807) is 9.80 Å². The van der Waals surface area contributed by atoms with Crippen molar-refractivity contribution in [2.24, 2.45) is 0 Å². The molecular weight excluding hydrogens is 420 g/mol. The fourth-order valence-corrected chi connectivity index (χ4v) is 5.55. The molecule has 0 saturated carbocycles. The lowest BCUT2D eigenvalue weighted by Gasteiger charge is -2.29. The van der Waals surface area contributed by atoms with Crippen molar-refractivity contribution in [2.45, 2.75) is 31.8 Å². The minimum atomic E-state index is -0.249. The fraction of sp³-hybridized carbons (Fsp3) is 0.333. The quantitative estimate of drug-likeness (QED) is 0.678. The van der Waals surface area contributed by atoms with Crippen LogP contribution in [-0.4, -0.2) is 44.7 Å². The highest BCUT2D eigenvalue weighted by Gasteiger charge is 2.34. The van der Waals surface area contributed by atoms with Gasteiger partial charge in [-0.05, 0) is 42.2 Å². The van der Waals surface area contributed by atoms with Crippen LogP contribution in [-0.2, 0) is 13.0 Å². The number of nitrogens with zero attached hydrogens (tertiary/aromatic N) is 3. The number of thiophene rings is 2. The van der Waals surface area contributed by atoms with Gasteiger partial charge in [-0.2, -0.15) is 0 Å². The summed E-state index contributed by atoms with van der Waals surface area (Å²) >= 11 is 2.83. The van der Waals surface area contributed by atoms with Crippen LogP contribution in [0.25, 0.3) is 0 Å². The molecule has 5 rings (SSSR count). The van der Waals surface area contributed by atoms with Gasteiger partial charge in [-0.25, -0.2) is 4.98 Å². The Morgan fingerprint density at radius 3 is 2.50 bits per heavy atom. The van der Waals surface area contributed by atoms with Gasteiger partial charge >= 0.3 is 0 Å². The first-order valence-corrected chi connectivity index (χ1v) is 11.7. The summed E-state index contributed by atoms with van der Waals surface area (Å²) in [7, 11) is 0. The zero-order valence-electron chi connectivity index (χ0n) is 16.2. The first kappa shape index (κ1) is 19.2. The molecule has 3 aromatic rings. The predicted molar refractivity (Wildman–Crippen MR) is 115 cm³/mol. The summed E-state index contributed by atoms with van der Waals surface area (Å²) in [5.74, 6) is 0.462. The summed E-state index contributed by atoms with van der Waals surface area (Å²) in [6, 6.07) is 7.10. The van der Waals surface area contributed by atoms with E-state index in [1.165, 1.54) is 22.7 Å². The number of carbonyl (C=O) groups excluding carboxylic acids is 2. The van der Waals surface area contributed by atoms with Gasteiger partial charge in [-0.3, -0.25) is 14.4 Å². The van der Waals surface area contributed by atoms with Crippen molar-refractivity contribution < 1.29 is 9.59 Å². The number of aromatic nitrogens is 2. The van der Waals surface area contributed by atoms with E-state index in [4.69, 9.17) is 4.98 Å². The number of likely N-dealkylation sites (tertiary alicyclic amines) is 1. The fourth-order valence-electron chi connectivity index (χ4n) is 4.18. The molecular formula is C21H20N4O3S2. The van der Waals surface area contributed by atoms with Crippen molar-refractivity contribution in [1.29, 1.82) is 0 Å². The van der Waals surface area contributed by atoms with Gasteiger partial charge < -0.3 is 14.8 Å². The Bertz CT molecular complexity index is 1140. The van der Waals surface area contributed by atoms with Crippen LogP contribution in [0.4, 0.5) is 0 Å². The highest BCUT2D eigenvalue weighted by atomic mass is 32.1. The monoisotopic (exact) mass is 440 g/mol. The molecule has 2 amide bonds. The van der Waals surface area contributed by atoms with Gasteiger partial charge in [0.05, 0.1) is 28.0 Å². The van der Waals surface area contributed by atoms with Gasteiger partial charge in [-0.1, -0.05) is 12.1 Å². The number of carbonyl (C=O) groups is 2. The highest BCUT2D eigenvalue weighted by molar-refractivity contribution is 7.12. The van der Waals surface area contributed by atoms with Gasteiger partial charge in [0.2, 0.25) is 0 Å². The molecule has 1 atom stereocenters. The molecule has 7 nitrogen and oxygen atoms in total. The highest BCUT2D eigenvalue weighted by Crippen LogP contribution is 2.32. The van der Waals surface area contributed by atoms with Crippen molar-refractivity contribution in [3.05, 3.63) is 72.2 Å². The number of nitrogens with one attached hydrogen (secondary N) is 1. The van der Waals surface area contributed by atoms with Gasteiger partial charge in [0.15, 0.2) is 0 Å². The first-order valence-electron chi connectivity index (χ1n) is 9.91. The van der Waals surface area contributed by atoms with Crippen LogP contribution in [0.2, 0.25) is 0 Å². The molecule has 9 heteroatoms. The lowest BCUT2D eigenvalue weighted by atomic mass is 10.1. The number of rotatable bonds is 3. The molecule has 3 aromatic heterocycles. The summed E-state index contributed by atoms with van der Waals surface area (Å²) in [6.07, 6.45) is 2.11. The Labute approximate surface area is 181 Å². The molecule has 0 unspecified atom stereocenters. The third kappa shape index (κ3) is 3.37. The van der Waals surface area contributed by atoms with E-state index in [1.807, 2.05) is 35.0 Å². The minimum Gasteiger partial charge on any atom is -0.332 e. The molecule has 5 heterocycles. The van der Waals surface area contributed by atoms with Crippen LogP contribution in [0.15, 0.2) is 39.8 Å². The van der Waals surface area contributed by atoms with Crippen molar-refractivity contribution in [2.75, 3.05) is 13.1 Å². The number of hydrogen-bond acceptors (Lipinski definition) is 6. The predicted octanol–water partition coefficient (Wildman–Crippen LogP) is 3.07. The van der Waals surface area contributed by atoms with Crippen LogP contribution in [0.3, 0.4) is 0 Å². The van der Waals surface area contributed by atoms with E-state index >= 15 is 0 Å². The largest absolute Gasteiger partial charge is 0.332 e. The summed E-state index contributed by atoms with van der Waals surface area (Å²) in [5.41, 5.74) is 1.12. The molecule has 0 bridgehead atoms. The molecule has 154 valence electrons. The zero-order valence-corrected chi connectivity index (χ0v) is 17.8. The Hall–Kier alpha value is -2.78. The molecule has 2 aliphatic heterocycles. The number of amides is 2. The molecule has 1 saturated heterocycles. The van der Waals surface area contributed by atoms with Crippen molar-refractivity contribution in [1.82, 2.24) is 19.8 Å².